The van der Waals surface area contributed by atoms with Crippen molar-refractivity contribution in [3.63, 3.8) is 0 Å². The van der Waals surface area contributed by atoms with E-state index in [-0.39, 0.29) is 32.0 Å². The SMILES string of the molecule is CCCCCCCCCCCCCCCCCCCCCC(=O)OC(COC(=O)CCCCCCCCCCCCCCC)COP(=O)([O-])OCC[N+](C)(C)C. The first kappa shape index (κ1) is 55.0. The fourth-order valence-corrected chi connectivity index (χ4v) is 7.62. The second-order valence-electron chi connectivity index (χ2n) is 17.5. The van der Waals surface area contributed by atoms with Gasteiger partial charge in [0.05, 0.1) is 27.7 Å². The topological polar surface area (TPSA) is 111 Å². The van der Waals surface area contributed by atoms with E-state index < -0.39 is 26.5 Å². The Balaban J connectivity index is 4.24. The average Bonchev–Trinajstić information content (AvgIpc) is 3.15. The normalized spacial score (nSPS) is 13.5. The summed E-state index contributed by atoms with van der Waals surface area (Å²) in [6, 6.07) is 0. The van der Waals surface area contributed by atoms with Crippen LogP contribution in [0, 0.1) is 0 Å². The highest BCUT2D eigenvalue weighted by molar-refractivity contribution is 7.45. The monoisotopic (exact) mass is 818 g/mol. The number of hydrogen-bond acceptors (Lipinski definition) is 8. The summed E-state index contributed by atoms with van der Waals surface area (Å²) in [7, 11) is 1.18. The number of esters is 2. The van der Waals surface area contributed by atoms with Crippen molar-refractivity contribution in [1.29, 1.82) is 0 Å². The van der Waals surface area contributed by atoms with Crippen molar-refractivity contribution in [2.75, 3.05) is 47.5 Å². The van der Waals surface area contributed by atoms with Crippen LogP contribution in [0.5, 0.6) is 0 Å². The van der Waals surface area contributed by atoms with E-state index in [9.17, 15) is 19.0 Å². The zero-order valence-electron chi connectivity index (χ0n) is 37.6. The van der Waals surface area contributed by atoms with E-state index in [4.69, 9.17) is 18.5 Å². The lowest BCUT2D eigenvalue weighted by Gasteiger charge is -2.28. The molecule has 0 aliphatic rings. The molecule has 56 heavy (non-hydrogen) atoms. The zero-order chi connectivity index (χ0) is 41.4. The molecule has 2 unspecified atom stereocenters. The Morgan fingerprint density at radius 3 is 1.14 bits per heavy atom. The number of rotatable bonds is 44. The van der Waals surface area contributed by atoms with E-state index in [2.05, 4.69) is 13.8 Å². The predicted octanol–water partition coefficient (Wildman–Crippen LogP) is 13.0. The summed E-state index contributed by atoms with van der Waals surface area (Å²) >= 11 is 0. The number of phosphoric ester groups is 1. The first-order valence-electron chi connectivity index (χ1n) is 23.7. The molecule has 0 saturated carbocycles. The van der Waals surface area contributed by atoms with Gasteiger partial charge in [-0.25, -0.2) is 0 Å². The predicted molar refractivity (Wildman–Crippen MR) is 232 cm³/mol. The molecule has 10 heteroatoms. The molecule has 2 atom stereocenters. The van der Waals surface area contributed by atoms with Crippen LogP contribution >= 0.6 is 7.82 Å². The fraction of sp³-hybridized carbons (Fsp3) is 0.957. The molecule has 0 aromatic rings. The number of likely N-dealkylation sites (N-methyl/N-ethyl adjacent to an activating group) is 1. The molecule has 0 aliphatic heterocycles. The number of ether oxygens (including phenoxy) is 2. The van der Waals surface area contributed by atoms with E-state index in [1.165, 1.54) is 167 Å². The van der Waals surface area contributed by atoms with Gasteiger partial charge in [-0.3, -0.25) is 14.2 Å². The molecule has 9 nitrogen and oxygen atoms in total. The van der Waals surface area contributed by atoms with Crippen molar-refractivity contribution < 1.29 is 42.1 Å². The maximum Gasteiger partial charge on any atom is 0.306 e. The average molecular weight is 818 g/mol. The first-order valence-corrected chi connectivity index (χ1v) is 25.2. The largest absolute Gasteiger partial charge is 0.756 e. The van der Waals surface area contributed by atoms with Gasteiger partial charge in [-0.05, 0) is 12.8 Å². The third-order valence-corrected chi connectivity index (χ3v) is 11.6. The summed E-state index contributed by atoms with van der Waals surface area (Å²) in [5.41, 5.74) is 0. The number of nitrogens with zero attached hydrogens (tertiary/aromatic N) is 1. The summed E-state index contributed by atoms with van der Waals surface area (Å²) in [6.07, 6.45) is 39.8. The minimum Gasteiger partial charge on any atom is -0.756 e. The Morgan fingerprint density at radius 2 is 0.804 bits per heavy atom. The van der Waals surface area contributed by atoms with Crippen LogP contribution in [0.3, 0.4) is 0 Å². The van der Waals surface area contributed by atoms with Crippen LogP contribution in [-0.2, 0) is 32.7 Å². The highest BCUT2D eigenvalue weighted by Crippen LogP contribution is 2.38. The summed E-state index contributed by atoms with van der Waals surface area (Å²) in [5, 5.41) is 0. The Labute approximate surface area is 346 Å². The number of unbranched alkanes of at least 4 members (excludes halogenated alkanes) is 30. The van der Waals surface area contributed by atoms with Crippen LogP contribution in [0.2, 0.25) is 0 Å². The molecule has 0 radical (unpaired) electrons. The van der Waals surface area contributed by atoms with Crippen molar-refractivity contribution in [2.24, 2.45) is 0 Å². The van der Waals surface area contributed by atoms with Crippen LogP contribution < -0.4 is 4.89 Å². The van der Waals surface area contributed by atoms with Crippen molar-refractivity contribution in [3.05, 3.63) is 0 Å². The van der Waals surface area contributed by atoms with Gasteiger partial charge in [0, 0.05) is 12.8 Å². The molecule has 0 N–H and O–H groups in total. The lowest BCUT2D eigenvalue weighted by Crippen LogP contribution is -2.37. The maximum atomic E-state index is 12.7. The molecular formula is C46H92NO8P. The van der Waals surface area contributed by atoms with Crippen LogP contribution in [-0.4, -0.2) is 70.0 Å². The number of phosphoric acid groups is 1. The summed E-state index contributed by atoms with van der Waals surface area (Å²) in [6.45, 7) is 4.27. The van der Waals surface area contributed by atoms with Gasteiger partial charge in [0.25, 0.3) is 7.82 Å². The highest BCUT2D eigenvalue weighted by atomic mass is 31.2. The molecule has 0 heterocycles. The van der Waals surface area contributed by atoms with Gasteiger partial charge in [-0.1, -0.05) is 206 Å². The van der Waals surface area contributed by atoms with Crippen molar-refractivity contribution in [3.8, 4) is 0 Å². The number of hydrogen-bond donors (Lipinski definition) is 0. The number of quaternary nitrogens is 1. The molecule has 0 fully saturated rings. The van der Waals surface area contributed by atoms with Crippen LogP contribution in [0.15, 0.2) is 0 Å². The zero-order valence-corrected chi connectivity index (χ0v) is 38.5. The quantitative estimate of drug-likeness (QED) is 0.0259. The molecule has 0 aromatic heterocycles. The molecule has 0 spiro atoms. The molecule has 0 saturated heterocycles. The third-order valence-electron chi connectivity index (χ3n) is 10.6. The standard InChI is InChI=1S/C46H92NO8P/c1-6-8-10-12-14-16-18-20-21-22-23-24-25-27-29-31-33-35-37-39-46(49)55-44(43-54-56(50,51)53-41-40-47(3,4)5)42-52-45(48)38-36-34-32-30-28-26-19-17-15-13-11-9-7-2/h44H,6-43H2,1-5H3. The van der Waals surface area contributed by atoms with Gasteiger partial charge in [0.2, 0.25) is 0 Å². The Kier molecular flexibility index (Phi) is 38.8. The van der Waals surface area contributed by atoms with Crippen molar-refractivity contribution in [2.45, 2.75) is 238 Å². The minimum atomic E-state index is -4.62. The molecular weight excluding hydrogens is 725 g/mol. The fourth-order valence-electron chi connectivity index (χ4n) is 6.89. The number of carbonyl (C=O) groups excluding carboxylic acids is 2. The highest BCUT2D eigenvalue weighted by Gasteiger charge is 2.21. The summed E-state index contributed by atoms with van der Waals surface area (Å²) in [5.74, 6) is -0.817. The van der Waals surface area contributed by atoms with Gasteiger partial charge >= 0.3 is 11.9 Å². The van der Waals surface area contributed by atoms with Gasteiger partial charge < -0.3 is 27.9 Å². The molecule has 0 aliphatic carbocycles. The van der Waals surface area contributed by atoms with Crippen molar-refractivity contribution >= 4 is 19.8 Å². The Bertz CT molecular complexity index is 927. The Hall–Kier alpha value is -0.990. The second-order valence-corrected chi connectivity index (χ2v) is 18.9. The van der Waals surface area contributed by atoms with E-state index in [0.29, 0.717) is 17.4 Å². The molecule has 0 aromatic carbocycles. The molecule has 0 rings (SSSR count). The van der Waals surface area contributed by atoms with E-state index in [1.54, 1.807) is 0 Å². The van der Waals surface area contributed by atoms with Crippen LogP contribution in [0.4, 0.5) is 0 Å². The van der Waals surface area contributed by atoms with E-state index >= 15 is 0 Å². The van der Waals surface area contributed by atoms with Crippen LogP contribution in [0.25, 0.3) is 0 Å². The second kappa shape index (κ2) is 39.5. The van der Waals surface area contributed by atoms with Gasteiger partial charge in [-0.15, -0.1) is 0 Å². The smallest absolute Gasteiger partial charge is 0.306 e. The number of carbonyl (C=O) groups is 2. The summed E-state index contributed by atoms with van der Waals surface area (Å²) < 4.78 is 34.0. The first-order chi connectivity index (χ1) is 27.0. The maximum absolute atomic E-state index is 12.7. The van der Waals surface area contributed by atoms with Gasteiger partial charge in [0.1, 0.15) is 19.8 Å². The third kappa shape index (κ3) is 42.6. The lowest BCUT2D eigenvalue weighted by molar-refractivity contribution is -0.870. The van der Waals surface area contributed by atoms with Crippen molar-refractivity contribution in [1.82, 2.24) is 0 Å². The van der Waals surface area contributed by atoms with Crippen LogP contribution in [0.1, 0.15) is 232 Å². The van der Waals surface area contributed by atoms with Gasteiger partial charge in [0.15, 0.2) is 6.10 Å². The van der Waals surface area contributed by atoms with Gasteiger partial charge in [-0.2, -0.15) is 0 Å². The Morgan fingerprint density at radius 1 is 0.482 bits per heavy atom. The minimum absolute atomic E-state index is 0.0256. The lowest BCUT2D eigenvalue weighted by atomic mass is 10.0. The summed E-state index contributed by atoms with van der Waals surface area (Å²) in [4.78, 5) is 37.6. The molecule has 334 valence electrons. The van der Waals surface area contributed by atoms with E-state index in [1.807, 2.05) is 21.1 Å². The molecule has 0 bridgehead atoms. The van der Waals surface area contributed by atoms with E-state index in [0.717, 1.165) is 32.1 Å². The molecule has 0 amide bonds.